The molecule has 0 saturated carbocycles. The second kappa shape index (κ2) is 5.77. The molecule has 1 aromatic carbocycles. The second-order valence-electron chi connectivity index (χ2n) is 5.51. The molecule has 1 aromatic heterocycles. The van der Waals surface area contributed by atoms with E-state index in [-0.39, 0.29) is 17.2 Å². The van der Waals surface area contributed by atoms with Gasteiger partial charge in [0.2, 0.25) is 5.76 Å². The Morgan fingerprint density at radius 1 is 1.30 bits per heavy atom. The summed E-state index contributed by atoms with van der Waals surface area (Å²) in [5.41, 5.74) is 0.700. The maximum Gasteiger partial charge on any atom is 0.290 e. The summed E-state index contributed by atoms with van der Waals surface area (Å²) in [6, 6.07) is 11.2. The topological polar surface area (TPSA) is 64.4 Å². The van der Waals surface area contributed by atoms with Gasteiger partial charge in [-0.1, -0.05) is 30.3 Å². The van der Waals surface area contributed by atoms with E-state index in [1.165, 1.54) is 6.07 Å². The smallest absolute Gasteiger partial charge is 0.290 e. The molecule has 1 amide bonds. The Hall–Kier alpha value is -2.30. The molecule has 20 heavy (non-hydrogen) atoms. The quantitative estimate of drug-likeness (QED) is 0.931. The van der Waals surface area contributed by atoms with Crippen molar-refractivity contribution in [2.75, 3.05) is 0 Å². The molecule has 0 radical (unpaired) electrons. The molecule has 0 spiro atoms. The molecule has 1 N–H and O–H groups in total. The number of carbonyl (C=O) groups excluding carboxylic acids is 1. The molecule has 0 aliphatic rings. The minimum absolute atomic E-state index is 0.142. The van der Waals surface area contributed by atoms with Crippen molar-refractivity contribution in [3.8, 4) is 5.88 Å². The number of nitrogens with zero attached hydrogens (tertiary/aromatic N) is 1. The molecule has 5 nitrogen and oxygen atoms in total. The predicted octanol–water partition coefficient (Wildman–Crippen LogP) is 2.78. The summed E-state index contributed by atoms with van der Waals surface area (Å²) in [5, 5.41) is 6.52. The van der Waals surface area contributed by atoms with Crippen LogP contribution in [0, 0.1) is 0 Å². The van der Waals surface area contributed by atoms with Crippen LogP contribution in [0.4, 0.5) is 0 Å². The van der Waals surface area contributed by atoms with E-state index in [4.69, 9.17) is 9.26 Å². The van der Waals surface area contributed by atoms with Gasteiger partial charge in [-0.15, -0.1) is 0 Å². The number of benzene rings is 1. The van der Waals surface area contributed by atoms with Crippen LogP contribution in [0.3, 0.4) is 0 Å². The van der Waals surface area contributed by atoms with Crippen LogP contribution >= 0.6 is 0 Å². The Kier molecular flexibility index (Phi) is 4.08. The number of aromatic nitrogens is 1. The van der Waals surface area contributed by atoms with Crippen LogP contribution in [0.25, 0.3) is 0 Å². The minimum Gasteiger partial charge on any atom is -0.471 e. The summed E-state index contributed by atoms with van der Waals surface area (Å²) in [6.45, 7) is 6.07. The zero-order valence-corrected chi connectivity index (χ0v) is 11.8. The summed E-state index contributed by atoms with van der Waals surface area (Å²) in [5.74, 6) is 0.135. The first-order valence-corrected chi connectivity index (χ1v) is 6.40. The van der Waals surface area contributed by atoms with E-state index in [1.807, 2.05) is 51.1 Å². The maximum atomic E-state index is 11.8. The van der Waals surface area contributed by atoms with E-state index >= 15 is 0 Å². The number of rotatable bonds is 4. The highest BCUT2D eigenvalue weighted by Gasteiger charge is 2.19. The van der Waals surface area contributed by atoms with Crippen molar-refractivity contribution in [2.24, 2.45) is 0 Å². The first-order chi connectivity index (χ1) is 9.44. The van der Waals surface area contributed by atoms with Gasteiger partial charge in [0, 0.05) is 5.54 Å². The Labute approximate surface area is 117 Å². The average molecular weight is 274 g/mol. The van der Waals surface area contributed by atoms with Crippen LogP contribution in [0.2, 0.25) is 0 Å². The molecule has 2 rings (SSSR count). The highest BCUT2D eigenvalue weighted by atomic mass is 16.5. The molecule has 5 heteroatoms. The van der Waals surface area contributed by atoms with Crippen molar-refractivity contribution in [3.63, 3.8) is 0 Å². The second-order valence-corrected chi connectivity index (χ2v) is 5.51. The van der Waals surface area contributed by atoms with Crippen molar-refractivity contribution in [1.29, 1.82) is 0 Å². The number of carbonyl (C=O) groups is 1. The lowest BCUT2D eigenvalue weighted by atomic mass is 10.1. The molecule has 106 valence electrons. The van der Waals surface area contributed by atoms with Gasteiger partial charge in [0.15, 0.2) is 0 Å². The van der Waals surface area contributed by atoms with Gasteiger partial charge in [-0.3, -0.25) is 4.79 Å². The SMILES string of the molecule is CC(C)(C)NC(=O)c1cc(OCc2ccccc2)no1. The number of amides is 1. The zero-order chi connectivity index (χ0) is 14.6. The van der Waals surface area contributed by atoms with E-state index in [9.17, 15) is 4.79 Å². The third kappa shape index (κ3) is 4.12. The maximum absolute atomic E-state index is 11.8. The lowest BCUT2D eigenvalue weighted by Gasteiger charge is -2.18. The van der Waals surface area contributed by atoms with Crippen LogP contribution in [-0.2, 0) is 6.61 Å². The van der Waals surface area contributed by atoms with Crippen molar-refractivity contribution in [1.82, 2.24) is 10.5 Å². The molecule has 0 atom stereocenters. The summed E-state index contributed by atoms with van der Waals surface area (Å²) in [6.07, 6.45) is 0. The molecule has 0 fully saturated rings. The highest BCUT2D eigenvalue weighted by molar-refractivity contribution is 5.92. The number of nitrogens with one attached hydrogen (secondary N) is 1. The van der Waals surface area contributed by atoms with Gasteiger partial charge in [-0.2, -0.15) is 0 Å². The summed E-state index contributed by atoms with van der Waals surface area (Å²) < 4.78 is 10.4. The first-order valence-electron chi connectivity index (χ1n) is 6.40. The summed E-state index contributed by atoms with van der Waals surface area (Å²) in [4.78, 5) is 11.8. The normalized spacial score (nSPS) is 11.2. The standard InChI is InChI=1S/C15H18N2O3/c1-15(2,3)16-14(18)12-9-13(17-20-12)19-10-11-7-5-4-6-8-11/h4-9H,10H2,1-3H3,(H,16,18). The molecular formula is C15H18N2O3. The van der Waals surface area contributed by atoms with E-state index in [1.54, 1.807) is 0 Å². The average Bonchev–Trinajstić information content (AvgIpc) is 2.84. The number of hydrogen-bond donors (Lipinski definition) is 1. The fourth-order valence-corrected chi connectivity index (χ4v) is 1.57. The van der Waals surface area contributed by atoms with Gasteiger partial charge in [0.05, 0.1) is 6.07 Å². The molecule has 0 unspecified atom stereocenters. The van der Waals surface area contributed by atoms with Gasteiger partial charge in [-0.05, 0) is 31.5 Å². The fourth-order valence-electron chi connectivity index (χ4n) is 1.57. The van der Waals surface area contributed by atoms with Crippen LogP contribution in [0.15, 0.2) is 40.9 Å². The first kappa shape index (κ1) is 14.1. The van der Waals surface area contributed by atoms with E-state index in [0.29, 0.717) is 12.5 Å². The minimum atomic E-state index is -0.324. The molecular weight excluding hydrogens is 256 g/mol. The Morgan fingerprint density at radius 3 is 2.65 bits per heavy atom. The number of hydrogen-bond acceptors (Lipinski definition) is 4. The van der Waals surface area contributed by atoms with Crippen LogP contribution in [0.1, 0.15) is 36.9 Å². The fraction of sp³-hybridized carbons (Fsp3) is 0.333. The van der Waals surface area contributed by atoms with Gasteiger partial charge in [0.25, 0.3) is 11.8 Å². The molecule has 1 heterocycles. The van der Waals surface area contributed by atoms with E-state index in [0.717, 1.165) is 5.56 Å². The molecule has 0 saturated heterocycles. The van der Waals surface area contributed by atoms with E-state index in [2.05, 4.69) is 10.5 Å². The third-order valence-electron chi connectivity index (χ3n) is 2.43. The Bertz CT molecular complexity index is 570. The van der Waals surface area contributed by atoms with Gasteiger partial charge in [-0.25, -0.2) is 0 Å². The molecule has 0 bridgehead atoms. The molecule has 0 aliphatic heterocycles. The highest BCUT2D eigenvalue weighted by Crippen LogP contribution is 2.14. The van der Waals surface area contributed by atoms with Crippen LogP contribution in [0.5, 0.6) is 5.88 Å². The van der Waals surface area contributed by atoms with Gasteiger partial charge >= 0.3 is 0 Å². The van der Waals surface area contributed by atoms with Crippen molar-refractivity contribution < 1.29 is 14.1 Å². The Morgan fingerprint density at radius 2 is 2.00 bits per heavy atom. The van der Waals surface area contributed by atoms with Crippen molar-refractivity contribution in [2.45, 2.75) is 32.9 Å². The monoisotopic (exact) mass is 274 g/mol. The lowest BCUT2D eigenvalue weighted by molar-refractivity contribution is 0.0881. The summed E-state index contributed by atoms with van der Waals surface area (Å²) >= 11 is 0. The molecule has 2 aromatic rings. The number of ether oxygens (including phenoxy) is 1. The lowest BCUT2D eigenvalue weighted by Crippen LogP contribution is -2.40. The summed E-state index contributed by atoms with van der Waals surface area (Å²) in [7, 11) is 0. The van der Waals surface area contributed by atoms with Crippen LogP contribution < -0.4 is 10.1 Å². The third-order valence-corrected chi connectivity index (χ3v) is 2.43. The van der Waals surface area contributed by atoms with Crippen molar-refractivity contribution in [3.05, 3.63) is 47.7 Å². The van der Waals surface area contributed by atoms with Gasteiger partial charge < -0.3 is 14.6 Å². The predicted molar refractivity (Wildman–Crippen MR) is 74.5 cm³/mol. The largest absolute Gasteiger partial charge is 0.471 e. The van der Waals surface area contributed by atoms with Crippen molar-refractivity contribution >= 4 is 5.91 Å². The molecule has 0 aliphatic carbocycles. The van der Waals surface area contributed by atoms with Gasteiger partial charge in [0.1, 0.15) is 6.61 Å². The van der Waals surface area contributed by atoms with E-state index < -0.39 is 0 Å². The Balaban J connectivity index is 1.94. The zero-order valence-electron chi connectivity index (χ0n) is 11.8. The van der Waals surface area contributed by atoms with Crippen LogP contribution in [-0.4, -0.2) is 16.6 Å².